The van der Waals surface area contributed by atoms with Gasteiger partial charge >= 0.3 is 0 Å². The highest BCUT2D eigenvalue weighted by atomic mass is 28.3. The maximum Gasteiger partial charge on any atom is 0.206 e. The molecule has 11 heteroatoms. The molecule has 1 aliphatic heterocycles. The third kappa shape index (κ3) is 4.16. The number of nitrogens with zero attached hydrogens (tertiary/aromatic N) is 4. The zero-order valence-corrected chi connectivity index (χ0v) is 23.6. The molecule has 0 saturated carbocycles. The number of aliphatic hydroxyl groups is 1. The quantitative estimate of drug-likeness (QED) is 0.590. The maximum atomic E-state index is 12.0. The Balaban J connectivity index is 2.34. The maximum absolute atomic E-state index is 12.0. The number of rotatable bonds is 6. The van der Waals surface area contributed by atoms with Crippen molar-refractivity contribution in [1.82, 2.24) is 19.5 Å². The molecule has 0 spiro atoms. The summed E-state index contributed by atoms with van der Waals surface area (Å²) >= 11 is 0. The van der Waals surface area contributed by atoms with Crippen LogP contribution in [0.4, 0.5) is 5.82 Å². The van der Waals surface area contributed by atoms with Gasteiger partial charge in [0.1, 0.15) is 38.4 Å². The highest BCUT2D eigenvalue weighted by Crippen LogP contribution is 2.57. The van der Waals surface area contributed by atoms with Crippen LogP contribution < -0.4 is 5.73 Å². The first-order valence-corrected chi connectivity index (χ1v) is 16.2. The molecule has 1 fully saturated rings. The molecule has 33 heavy (non-hydrogen) atoms. The molecule has 4 atom stereocenters. The summed E-state index contributed by atoms with van der Waals surface area (Å²) in [6.45, 7) is 21.0. The SMILES string of the molecule is C[Si](C)O[C@]1(C(C)(C)C)[C@H](O)[C@@H](COC(C)(C)C)O[C@]1(n1cnc2c(N)ncnc21)[Si](C)C. The second kappa shape index (κ2) is 8.69. The number of imidazole rings is 1. The van der Waals surface area contributed by atoms with Crippen LogP contribution in [0.3, 0.4) is 0 Å². The molecule has 0 aromatic carbocycles. The average molecular weight is 494 g/mol. The van der Waals surface area contributed by atoms with Gasteiger partial charge in [-0.3, -0.25) is 4.57 Å². The van der Waals surface area contributed by atoms with Crippen LogP contribution in [-0.2, 0) is 19.2 Å². The van der Waals surface area contributed by atoms with Gasteiger partial charge in [0.2, 0.25) is 9.04 Å². The van der Waals surface area contributed by atoms with E-state index in [1.807, 2.05) is 25.3 Å². The summed E-state index contributed by atoms with van der Waals surface area (Å²) in [6.07, 6.45) is 1.60. The molecule has 9 nitrogen and oxygen atoms in total. The monoisotopic (exact) mass is 493 g/mol. The van der Waals surface area contributed by atoms with Gasteiger partial charge in [-0.1, -0.05) is 33.9 Å². The topological polar surface area (TPSA) is 118 Å². The third-order valence-corrected chi connectivity index (χ3v) is 8.95. The van der Waals surface area contributed by atoms with E-state index < -0.39 is 46.4 Å². The molecular weight excluding hydrogens is 454 g/mol. The number of nitrogen functional groups attached to an aromatic ring is 1. The Morgan fingerprint density at radius 3 is 2.27 bits per heavy atom. The fourth-order valence-electron chi connectivity index (χ4n) is 4.90. The van der Waals surface area contributed by atoms with E-state index in [2.05, 4.69) is 61.9 Å². The summed E-state index contributed by atoms with van der Waals surface area (Å²) in [7, 11) is -2.64. The van der Waals surface area contributed by atoms with Crippen molar-refractivity contribution >= 4 is 34.8 Å². The first kappa shape index (κ1) is 26.2. The largest absolute Gasteiger partial charge is 0.404 e. The molecule has 1 aliphatic rings. The van der Waals surface area contributed by atoms with E-state index in [0.29, 0.717) is 17.0 Å². The second-order valence-electron chi connectivity index (χ2n) is 11.2. The Hall–Kier alpha value is -1.38. The van der Waals surface area contributed by atoms with Crippen LogP contribution in [0, 0.1) is 5.41 Å². The Morgan fingerprint density at radius 2 is 1.76 bits per heavy atom. The molecule has 3 heterocycles. The fraction of sp³-hybridized carbons (Fsp3) is 0.773. The molecule has 0 unspecified atom stereocenters. The minimum Gasteiger partial charge on any atom is -0.404 e. The lowest BCUT2D eigenvalue weighted by atomic mass is 9.71. The number of aromatic nitrogens is 4. The molecule has 0 amide bonds. The minimum atomic E-state index is -1.37. The molecule has 2 radical (unpaired) electrons. The van der Waals surface area contributed by atoms with Crippen LogP contribution in [0.15, 0.2) is 12.7 Å². The van der Waals surface area contributed by atoms with Crippen molar-refractivity contribution in [2.45, 2.75) is 96.5 Å². The molecule has 1 saturated heterocycles. The number of hydrogen-bond donors (Lipinski definition) is 2. The van der Waals surface area contributed by atoms with E-state index in [9.17, 15) is 5.11 Å². The summed E-state index contributed by atoms with van der Waals surface area (Å²) in [4.78, 5) is 13.2. The van der Waals surface area contributed by atoms with Crippen molar-refractivity contribution < 1.29 is 19.0 Å². The highest BCUT2D eigenvalue weighted by molar-refractivity contribution is 6.59. The molecule has 3 N–H and O–H groups in total. The molecule has 184 valence electrons. The molecular formula is C22H39N5O4Si2. The Kier molecular flexibility index (Phi) is 6.90. The van der Waals surface area contributed by atoms with Crippen molar-refractivity contribution in [2.75, 3.05) is 12.3 Å². The normalized spacial score (nSPS) is 29.0. The van der Waals surface area contributed by atoms with Gasteiger partial charge in [0.15, 0.2) is 16.8 Å². The van der Waals surface area contributed by atoms with Crippen molar-refractivity contribution in [3.05, 3.63) is 12.7 Å². The van der Waals surface area contributed by atoms with Crippen molar-refractivity contribution in [3.8, 4) is 0 Å². The molecule has 3 rings (SSSR count). The summed E-state index contributed by atoms with van der Waals surface area (Å²) in [6, 6.07) is 0. The predicted octanol–water partition coefficient (Wildman–Crippen LogP) is 2.98. The zero-order chi connectivity index (χ0) is 25.0. The van der Waals surface area contributed by atoms with Gasteiger partial charge in [-0.2, -0.15) is 0 Å². The van der Waals surface area contributed by atoms with Gasteiger partial charge in [-0.15, -0.1) is 0 Å². The Labute approximate surface area is 200 Å². The van der Waals surface area contributed by atoms with E-state index in [4.69, 9.17) is 19.6 Å². The number of hydrogen-bond acceptors (Lipinski definition) is 8. The Morgan fingerprint density at radius 1 is 1.12 bits per heavy atom. The van der Waals surface area contributed by atoms with E-state index in [1.54, 1.807) is 6.33 Å². The summed E-state index contributed by atoms with van der Waals surface area (Å²) in [5, 5.41) is 11.0. The van der Waals surface area contributed by atoms with Crippen molar-refractivity contribution in [1.29, 1.82) is 0 Å². The van der Waals surface area contributed by atoms with Crippen molar-refractivity contribution in [3.63, 3.8) is 0 Å². The smallest absolute Gasteiger partial charge is 0.206 e. The lowest BCUT2D eigenvalue weighted by Gasteiger charge is -2.55. The van der Waals surface area contributed by atoms with Crippen LogP contribution in [-0.4, -0.2) is 72.5 Å². The first-order valence-electron chi connectivity index (χ1n) is 11.3. The van der Waals surface area contributed by atoms with Gasteiger partial charge in [-0.05, 0) is 39.3 Å². The molecule has 0 aliphatic carbocycles. The number of anilines is 1. The van der Waals surface area contributed by atoms with Crippen LogP contribution in [0.1, 0.15) is 41.5 Å². The number of nitrogens with two attached hydrogens (primary N) is 1. The number of ether oxygens (including phenoxy) is 2. The minimum absolute atomic E-state index is 0.238. The average Bonchev–Trinajstić information content (AvgIpc) is 3.19. The predicted molar refractivity (Wildman–Crippen MR) is 133 cm³/mol. The van der Waals surface area contributed by atoms with Gasteiger partial charge < -0.3 is 24.7 Å². The standard InChI is InChI=1S/C22H39N5O4Si2/c1-19(2,3)21(31-33(9)10)16(28)14(11-29-20(4,5)6)30-22(21,32(7)8)27-13-26-15-17(23)24-12-25-18(15)27/h12-14,16,28H,11H2,1-10H3,(H2,23,24,25)/t14-,16-,21+,22+/m1/s1. The number of aliphatic hydroxyl groups excluding tert-OH is 1. The van der Waals surface area contributed by atoms with Gasteiger partial charge in [0, 0.05) is 0 Å². The van der Waals surface area contributed by atoms with E-state index in [-0.39, 0.29) is 12.2 Å². The number of fused-ring (bicyclic) bond motifs is 1. The van der Waals surface area contributed by atoms with E-state index in [0.717, 1.165) is 0 Å². The second-order valence-corrected chi connectivity index (χ2v) is 15.9. The molecule has 0 bridgehead atoms. The first-order chi connectivity index (χ1) is 15.1. The fourth-order valence-corrected chi connectivity index (χ4v) is 8.56. The lowest BCUT2D eigenvalue weighted by Crippen LogP contribution is -2.71. The van der Waals surface area contributed by atoms with Crippen LogP contribution in [0.2, 0.25) is 26.2 Å². The summed E-state index contributed by atoms with van der Waals surface area (Å²) < 4.78 is 21.9. The molecule has 2 aromatic rings. The summed E-state index contributed by atoms with van der Waals surface area (Å²) in [5.74, 6) is 0.305. The van der Waals surface area contributed by atoms with Crippen LogP contribution in [0.5, 0.6) is 0 Å². The van der Waals surface area contributed by atoms with Gasteiger partial charge in [0.25, 0.3) is 0 Å². The molecule has 2 aromatic heterocycles. The van der Waals surface area contributed by atoms with Crippen LogP contribution >= 0.6 is 0 Å². The van der Waals surface area contributed by atoms with E-state index >= 15 is 0 Å². The highest BCUT2D eigenvalue weighted by Gasteiger charge is 2.73. The van der Waals surface area contributed by atoms with E-state index in [1.165, 1.54) is 6.33 Å². The van der Waals surface area contributed by atoms with Crippen LogP contribution in [0.25, 0.3) is 11.2 Å². The van der Waals surface area contributed by atoms with Gasteiger partial charge in [-0.25, -0.2) is 15.0 Å². The van der Waals surface area contributed by atoms with Gasteiger partial charge in [0.05, 0.1) is 18.5 Å². The Bertz CT molecular complexity index is 987. The third-order valence-electron chi connectivity index (χ3n) is 6.13. The summed E-state index contributed by atoms with van der Waals surface area (Å²) in [5.41, 5.74) is 5.24. The van der Waals surface area contributed by atoms with Crippen molar-refractivity contribution in [2.24, 2.45) is 5.41 Å². The lowest BCUT2D eigenvalue weighted by molar-refractivity contribution is -0.182. The zero-order valence-electron chi connectivity index (χ0n) is 21.6.